The van der Waals surface area contributed by atoms with E-state index in [0.29, 0.717) is 19.5 Å². The van der Waals surface area contributed by atoms with Gasteiger partial charge in [0, 0.05) is 44.7 Å². The SMILES string of the molecule is O=C(CCN1Cc2ccccc2O[C@@H](c2ccccc2)C1)NCCCn1nnc2ccccc21. The van der Waals surface area contributed by atoms with E-state index < -0.39 is 0 Å². The van der Waals surface area contributed by atoms with Crippen molar-refractivity contribution in [1.82, 2.24) is 25.2 Å². The molecular formula is C27H29N5O2. The second-order valence-electron chi connectivity index (χ2n) is 8.61. The second kappa shape index (κ2) is 10.5. The quantitative estimate of drug-likeness (QED) is 0.407. The van der Waals surface area contributed by atoms with Crippen LogP contribution in [0.25, 0.3) is 11.0 Å². The van der Waals surface area contributed by atoms with Crippen molar-refractivity contribution >= 4 is 16.9 Å². The van der Waals surface area contributed by atoms with Crippen LogP contribution in [0.15, 0.2) is 78.9 Å². The molecule has 7 nitrogen and oxygen atoms in total. The highest BCUT2D eigenvalue weighted by atomic mass is 16.5. The van der Waals surface area contributed by atoms with Crippen LogP contribution in [-0.4, -0.2) is 45.4 Å². The molecular weight excluding hydrogens is 426 g/mol. The zero-order valence-electron chi connectivity index (χ0n) is 19.1. The first kappa shape index (κ1) is 22.1. The van der Waals surface area contributed by atoms with Crippen LogP contribution in [0.2, 0.25) is 0 Å². The van der Waals surface area contributed by atoms with Crippen molar-refractivity contribution in [1.29, 1.82) is 0 Å². The van der Waals surface area contributed by atoms with Gasteiger partial charge in [0.2, 0.25) is 5.91 Å². The standard InChI is InChI=1S/C27H29N5O2/c33-27(28-16-8-17-32-24-13-6-5-12-23(24)29-30-32)15-18-31-19-22-11-4-7-14-25(22)34-26(20-31)21-9-2-1-3-10-21/h1-7,9-14,26H,8,15-20H2,(H,28,33)/t26-/m1/s1. The molecule has 34 heavy (non-hydrogen) atoms. The van der Waals surface area contributed by atoms with E-state index in [9.17, 15) is 4.79 Å². The van der Waals surface area contributed by atoms with Gasteiger partial charge in [0.15, 0.2) is 0 Å². The molecule has 0 bridgehead atoms. The fourth-order valence-corrected chi connectivity index (χ4v) is 4.38. The van der Waals surface area contributed by atoms with E-state index in [-0.39, 0.29) is 12.0 Å². The molecule has 1 aromatic heterocycles. The average Bonchev–Trinajstić information content (AvgIpc) is 3.19. The number of rotatable bonds is 8. The molecule has 174 valence electrons. The highest BCUT2D eigenvalue weighted by Gasteiger charge is 2.24. The number of carbonyl (C=O) groups excluding carboxylic acids is 1. The van der Waals surface area contributed by atoms with E-state index in [1.807, 2.05) is 65.3 Å². The number of aromatic nitrogens is 3. The van der Waals surface area contributed by atoms with Gasteiger partial charge in [-0.25, -0.2) is 4.68 Å². The normalized spacial score (nSPS) is 15.9. The second-order valence-corrected chi connectivity index (χ2v) is 8.61. The number of nitrogens with one attached hydrogen (secondary N) is 1. The third-order valence-electron chi connectivity index (χ3n) is 6.18. The summed E-state index contributed by atoms with van der Waals surface area (Å²) in [5.74, 6) is 0.988. The third kappa shape index (κ3) is 5.26. The Morgan fingerprint density at radius 2 is 1.76 bits per heavy atom. The van der Waals surface area contributed by atoms with Crippen LogP contribution in [0.5, 0.6) is 5.75 Å². The molecule has 0 aliphatic carbocycles. The zero-order valence-corrected chi connectivity index (χ0v) is 19.1. The molecule has 0 fully saturated rings. The summed E-state index contributed by atoms with van der Waals surface area (Å²) in [4.78, 5) is 14.8. The number of fused-ring (bicyclic) bond motifs is 2. The minimum atomic E-state index is -0.0644. The van der Waals surface area contributed by atoms with Crippen LogP contribution in [-0.2, 0) is 17.9 Å². The van der Waals surface area contributed by atoms with Crippen LogP contribution in [0, 0.1) is 0 Å². The van der Waals surface area contributed by atoms with E-state index in [1.165, 1.54) is 0 Å². The van der Waals surface area contributed by atoms with E-state index in [2.05, 4.69) is 38.7 Å². The summed E-state index contributed by atoms with van der Waals surface area (Å²) >= 11 is 0. The predicted molar refractivity (Wildman–Crippen MR) is 131 cm³/mol. The monoisotopic (exact) mass is 455 g/mol. The number of para-hydroxylation sites is 2. The smallest absolute Gasteiger partial charge is 0.221 e. The van der Waals surface area contributed by atoms with Crippen LogP contribution < -0.4 is 10.1 Å². The molecule has 0 spiro atoms. The lowest BCUT2D eigenvalue weighted by Crippen LogP contribution is -2.33. The fourth-order valence-electron chi connectivity index (χ4n) is 4.38. The highest BCUT2D eigenvalue weighted by molar-refractivity contribution is 5.76. The van der Waals surface area contributed by atoms with Gasteiger partial charge in [0.05, 0.1) is 5.52 Å². The summed E-state index contributed by atoms with van der Waals surface area (Å²) in [6.45, 7) is 3.53. The van der Waals surface area contributed by atoms with Gasteiger partial charge >= 0.3 is 0 Å². The van der Waals surface area contributed by atoms with E-state index in [1.54, 1.807) is 0 Å². The molecule has 2 heterocycles. The topological polar surface area (TPSA) is 72.3 Å². The maximum atomic E-state index is 12.5. The van der Waals surface area contributed by atoms with Crippen LogP contribution in [0.4, 0.5) is 0 Å². The molecule has 1 aliphatic rings. The van der Waals surface area contributed by atoms with Crippen molar-refractivity contribution in [2.45, 2.75) is 32.0 Å². The molecule has 3 aromatic carbocycles. The first-order valence-corrected chi connectivity index (χ1v) is 11.8. The molecule has 1 aliphatic heterocycles. The van der Waals surface area contributed by atoms with Crippen LogP contribution >= 0.6 is 0 Å². The van der Waals surface area contributed by atoms with Gasteiger partial charge in [-0.1, -0.05) is 65.9 Å². The lowest BCUT2D eigenvalue weighted by molar-refractivity contribution is -0.121. The van der Waals surface area contributed by atoms with Gasteiger partial charge in [0.1, 0.15) is 17.4 Å². The number of hydrogen-bond donors (Lipinski definition) is 1. The Morgan fingerprint density at radius 1 is 0.971 bits per heavy atom. The minimum Gasteiger partial charge on any atom is -0.484 e. The van der Waals surface area contributed by atoms with Gasteiger partial charge in [-0.05, 0) is 30.2 Å². The minimum absolute atomic E-state index is 0.0644. The molecule has 1 atom stereocenters. The predicted octanol–water partition coefficient (Wildman–Crippen LogP) is 3.96. The summed E-state index contributed by atoms with van der Waals surface area (Å²) in [5, 5.41) is 11.4. The molecule has 7 heteroatoms. The van der Waals surface area contributed by atoms with E-state index in [0.717, 1.165) is 54.0 Å². The summed E-state index contributed by atoms with van der Waals surface area (Å²) in [6, 6.07) is 26.4. The maximum Gasteiger partial charge on any atom is 0.221 e. The Balaban J connectivity index is 1.13. The van der Waals surface area contributed by atoms with E-state index >= 15 is 0 Å². The number of ether oxygens (including phenoxy) is 1. The highest BCUT2D eigenvalue weighted by Crippen LogP contribution is 2.31. The zero-order chi connectivity index (χ0) is 23.2. The van der Waals surface area contributed by atoms with Gasteiger partial charge in [-0.15, -0.1) is 5.10 Å². The fraction of sp³-hybridized carbons (Fsp3) is 0.296. The van der Waals surface area contributed by atoms with E-state index in [4.69, 9.17) is 4.74 Å². The number of benzene rings is 3. The van der Waals surface area contributed by atoms with Crippen molar-refractivity contribution in [3.05, 3.63) is 90.0 Å². The Kier molecular flexibility index (Phi) is 6.81. The van der Waals surface area contributed by atoms with Crippen molar-refractivity contribution in [2.24, 2.45) is 0 Å². The molecule has 5 rings (SSSR count). The Bertz CT molecular complexity index is 1240. The van der Waals surface area contributed by atoms with Crippen molar-refractivity contribution in [2.75, 3.05) is 19.6 Å². The summed E-state index contributed by atoms with van der Waals surface area (Å²) < 4.78 is 8.26. The van der Waals surface area contributed by atoms with Crippen molar-refractivity contribution in [3.63, 3.8) is 0 Å². The number of nitrogens with zero attached hydrogens (tertiary/aromatic N) is 4. The molecule has 4 aromatic rings. The van der Waals surface area contributed by atoms with Gasteiger partial charge in [-0.3, -0.25) is 9.69 Å². The summed E-state index contributed by atoms with van der Waals surface area (Å²) in [6.07, 6.45) is 1.20. The molecule has 1 amide bonds. The summed E-state index contributed by atoms with van der Waals surface area (Å²) in [7, 11) is 0. The lowest BCUT2D eigenvalue weighted by atomic mass is 10.1. The molecule has 0 saturated heterocycles. The first-order valence-electron chi connectivity index (χ1n) is 11.8. The molecule has 1 N–H and O–H groups in total. The molecule has 0 unspecified atom stereocenters. The number of carbonyl (C=O) groups is 1. The number of aryl methyl sites for hydroxylation is 1. The first-order chi connectivity index (χ1) is 16.8. The Morgan fingerprint density at radius 3 is 2.68 bits per heavy atom. The van der Waals surface area contributed by atoms with Crippen molar-refractivity contribution < 1.29 is 9.53 Å². The average molecular weight is 456 g/mol. The van der Waals surface area contributed by atoms with Crippen LogP contribution in [0.3, 0.4) is 0 Å². The lowest BCUT2D eigenvalue weighted by Gasteiger charge is -2.24. The Labute approximate surface area is 199 Å². The summed E-state index contributed by atoms with van der Waals surface area (Å²) in [5.41, 5.74) is 4.21. The maximum absolute atomic E-state index is 12.5. The number of amides is 1. The van der Waals surface area contributed by atoms with Gasteiger partial charge in [0.25, 0.3) is 0 Å². The van der Waals surface area contributed by atoms with Crippen molar-refractivity contribution in [3.8, 4) is 5.75 Å². The largest absolute Gasteiger partial charge is 0.484 e. The molecule has 0 saturated carbocycles. The third-order valence-corrected chi connectivity index (χ3v) is 6.18. The van der Waals surface area contributed by atoms with Gasteiger partial charge in [-0.2, -0.15) is 0 Å². The Hall–Kier alpha value is -3.71. The molecule has 0 radical (unpaired) electrons. The van der Waals surface area contributed by atoms with Gasteiger partial charge < -0.3 is 10.1 Å². The number of hydrogen-bond acceptors (Lipinski definition) is 5. The van der Waals surface area contributed by atoms with Crippen LogP contribution in [0.1, 0.15) is 30.1 Å².